The molecular weight excluding hydrogens is 297 g/mol. The van der Waals surface area contributed by atoms with Crippen LogP contribution in [0.4, 0.5) is 4.39 Å². The van der Waals surface area contributed by atoms with Crippen molar-refractivity contribution < 1.29 is 22.7 Å². The van der Waals surface area contributed by atoms with Gasteiger partial charge in [0.2, 0.25) is 0 Å². The number of hydrogen-bond acceptors (Lipinski definition) is 4. The highest BCUT2D eigenvalue weighted by atomic mass is 32.2. The molecule has 1 aromatic carbocycles. The Hall–Kier alpha value is -1.73. The van der Waals surface area contributed by atoms with E-state index in [1.807, 2.05) is 0 Å². The van der Waals surface area contributed by atoms with Crippen LogP contribution in [-0.4, -0.2) is 50.0 Å². The largest absolute Gasteiger partial charge is 0.478 e. The smallest absolute Gasteiger partial charge is 0.328 e. The van der Waals surface area contributed by atoms with E-state index in [2.05, 4.69) is 0 Å². The molecule has 1 aromatic rings. The van der Waals surface area contributed by atoms with Gasteiger partial charge in [-0.2, -0.15) is 0 Å². The monoisotopic (exact) mass is 315 g/mol. The summed E-state index contributed by atoms with van der Waals surface area (Å²) in [4.78, 5) is 12.2. The molecule has 0 amide bonds. The Labute approximate surface area is 123 Å². The van der Waals surface area contributed by atoms with Crippen LogP contribution in [0.25, 0.3) is 6.08 Å². The standard InChI is InChI=1S/C14H18FNO4S/c1-16(5-6-21(2,19)20)10-12-7-11(3-4-14(17)18)8-13(15)9-12/h3-4,7-9H,5-6,10H2,1-2H3,(H,17,18). The summed E-state index contributed by atoms with van der Waals surface area (Å²) in [5.74, 6) is -1.54. The molecular formula is C14H18FNO4S. The number of aliphatic carboxylic acids is 1. The first-order chi connectivity index (χ1) is 9.65. The lowest BCUT2D eigenvalue weighted by Crippen LogP contribution is -2.25. The molecule has 0 fully saturated rings. The predicted molar refractivity (Wildman–Crippen MR) is 79.1 cm³/mol. The van der Waals surface area contributed by atoms with Gasteiger partial charge in [-0.1, -0.05) is 6.07 Å². The van der Waals surface area contributed by atoms with E-state index in [0.29, 0.717) is 24.2 Å². The van der Waals surface area contributed by atoms with Crippen LogP contribution in [0.3, 0.4) is 0 Å². The molecule has 0 aliphatic carbocycles. The van der Waals surface area contributed by atoms with Crippen LogP contribution < -0.4 is 0 Å². The summed E-state index contributed by atoms with van der Waals surface area (Å²) >= 11 is 0. The number of hydrogen-bond donors (Lipinski definition) is 1. The van der Waals surface area contributed by atoms with Crippen molar-refractivity contribution in [2.24, 2.45) is 0 Å². The molecule has 116 valence electrons. The molecule has 0 saturated heterocycles. The molecule has 5 nitrogen and oxygen atoms in total. The molecule has 0 unspecified atom stereocenters. The summed E-state index contributed by atoms with van der Waals surface area (Å²) in [7, 11) is -1.30. The maximum atomic E-state index is 13.5. The first kappa shape index (κ1) is 17.3. The molecule has 0 spiro atoms. The topological polar surface area (TPSA) is 74.7 Å². The van der Waals surface area contributed by atoms with Crippen molar-refractivity contribution in [3.05, 3.63) is 41.2 Å². The number of halogens is 1. The van der Waals surface area contributed by atoms with E-state index in [4.69, 9.17) is 5.11 Å². The quantitative estimate of drug-likeness (QED) is 0.770. The van der Waals surface area contributed by atoms with Crippen molar-refractivity contribution in [3.63, 3.8) is 0 Å². The third-order valence-electron chi connectivity index (χ3n) is 2.69. The molecule has 7 heteroatoms. The highest BCUT2D eigenvalue weighted by Gasteiger charge is 2.07. The van der Waals surface area contributed by atoms with Crippen LogP contribution in [0.15, 0.2) is 24.3 Å². The lowest BCUT2D eigenvalue weighted by Gasteiger charge is -2.16. The molecule has 0 aliphatic heterocycles. The summed E-state index contributed by atoms with van der Waals surface area (Å²) in [6, 6.07) is 4.24. The van der Waals surface area contributed by atoms with Crippen molar-refractivity contribution in [1.82, 2.24) is 4.90 Å². The van der Waals surface area contributed by atoms with Crippen molar-refractivity contribution in [2.45, 2.75) is 6.54 Å². The molecule has 0 saturated carbocycles. The van der Waals surface area contributed by atoms with Gasteiger partial charge in [0.1, 0.15) is 15.7 Å². The first-order valence-corrected chi connectivity index (χ1v) is 8.28. The van der Waals surface area contributed by atoms with Gasteiger partial charge in [0.05, 0.1) is 5.75 Å². The SMILES string of the molecule is CN(CCS(C)(=O)=O)Cc1cc(F)cc(C=CC(=O)O)c1. The van der Waals surface area contributed by atoms with Crippen LogP contribution >= 0.6 is 0 Å². The van der Waals surface area contributed by atoms with Crippen LogP contribution in [0.1, 0.15) is 11.1 Å². The lowest BCUT2D eigenvalue weighted by atomic mass is 10.1. The Bertz CT molecular complexity index is 640. The fourth-order valence-electron chi connectivity index (χ4n) is 1.74. The average molecular weight is 315 g/mol. The van der Waals surface area contributed by atoms with Gasteiger partial charge < -0.3 is 10.0 Å². The third-order valence-corrected chi connectivity index (χ3v) is 3.62. The van der Waals surface area contributed by atoms with E-state index < -0.39 is 21.6 Å². The highest BCUT2D eigenvalue weighted by Crippen LogP contribution is 2.12. The molecule has 1 N–H and O–H groups in total. The number of nitrogens with zero attached hydrogens (tertiary/aromatic N) is 1. The minimum Gasteiger partial charge on any atom is -0.478 e. The summed E-state index contributed by atoms with van der Waals surface area (Å²) < 4.78 is 35.7. The van der Waals surface area contributed by atoms with Gasteiger partial charge in [0.25, 0.3) is 0 Å². The minimum absolute atomic E-state index is 0.0323. The van der Waals surface area contributed by atoms with Crippen molar-refractivity contribution in [3.8, 4) is 0 Å². The average Bonchev–Trinajstić information content (AvgIpc) is 2.32. The van der Waals surface area contributed by atoms with E-state index >= 15 is 0 Å². The maximum Gasteiger partial charge on any atom is 0.328 e. The number of carboxylic acid groups (broad SMARTS) is 1. The molecule has 0 bridgehead atoms. The summed E-state index contributed by atoms with van der Waals surface area (Å²) in [6.07, 6.45) is 3.41. The van der Waals surface area contributed by atoms with Gasteiger partial charge in [-0.15, -0.1) is 0 Å². The summed E-state index contributed by atoms with van der Waals surface area (Å²) in [5, 5.41) is 8.56. The number of sulfone groups is 1. The maximum absolute atomic E-state index is 13.5. The Kier molecular flexibility index (Phi) is 6.04. The molecule has 0 heterocycles. The van der Waals surface area contributed by atoms with Crippen molar-refractivity contribution in [1.29, 1.82) is 0 Å². The van der Waals surface area contributed by atoms with Crippen LogP contribution in [0.2, 0.25) is 0 Å². The van der Waals surface area contributed by atoms with Crippen molar-refractivity contribution >= 4 is 21.9 Å². The van der Waals surface area contributed by atoms with Gasteiger partial charge >= 0.3 is 5.97 Å². The van der Waals surface area contributed by atoms with Gasteiger partial charge in [-0.25, -0.2) is 17.6 Å². The third kappa shape index (κ3) is 7.57. The predicted octanol–water partition coefficient (Wildman–Crippen LogP) is 1.40. The van der Waals surface area contributed by atoms with Crippen LogP contribution in [0, 0.1) is 5.82 Å². The second-order valence-corrected chi connectivity index (χ2v) is 7.19. The Morgan fingerprint density at radius 1 is 1.38 bits per heavy atom. The molecule has 0 radical (unpaired) electrons. The van der Waals surface area contributed by atoms with Crippen LogP contribution in [-0.2, 0) is 21.2 Å². The zero-order chi connectivity index (χ0) is 16.0. The lowest BCUT2D eigenvalue weighted by molar-refractivity contribution is -0.131. The van der Waals surface area contributed by atoms with Gasteiger partial charge in [0.15, 0.2) is 0 Å². The number of carboxylic acids is 1. The number of carbonyl (C=O) groups is 1. The number of rotatable bonds is 7. The molecule has 0 atom stereocenters. The summed E-state index contributed by atoms with van der Waals surface area (Å²) in [6.45, 7) is 0.719. The molecule has 0 aliphatic rings. The Morgan fingerprint density at radius 3 is 2.62 bits per heavy atom. The van der Waals surface area contributed by atoms with E-state index in [-0.39, 0.29) is 5.75 Å². The number of benzene rings is 1. The molecule has 1 rings (SSSR count). The molecule has 0 aromatic heterocycles. The first-order valence-electron chi connectivity index (χ1n) is 6.22. The van der Waals surface area contributed by atoms with Gasteiger partial charge in [-0.05, 0) is 36.4 Å². The highest BCUT2D eigenvalue weighted by molar-refractivity contribution is 7.90. The molecule has 21 heavy (non-hydrogen) atoms. The van der Waals surface area contributed by atoms with E-state index in [9.17, 15) is 17.6 Å². The second kappa shape index (κ2) is 7.33. The normalized spacial score (nSPS) is 12.2. The fourth-order valence-corrected chi connectivity index (χ4v) is 2.39. The van der Waals surface area contributed by atoms with E-state index in [1.54, 1.807) is 18.0 Å². The second-order valence-electron chi connectivity index (χ2n) is 4.93. The Morgan fingerprint density at radius 2 is 2.05 bits per heavy atom. The van der Waals surface area contributed by atoms with Gasteiger partial charge in [0, 0.05) is 25.4 Å². The van der Waals surface area contributed by atoms with Crippen molar-refractivity contribution in [2.75, 3.05) is 25.6 Å². The zero-order valence-electron chi connectivity index (χ0n) is 11.9. The summed E-state index contributed by atoms with van der Waals surface area (Å²) in [5.41, 5.74) is 1.10. The Balaban J connectivity index is 2.77. The van der Waals surface area contributed by atoms with E-state index in [1.165, 1.54) is 18.2 Å². The van der Waals surface area contributed by atoms with E-state index in [0.717, 1.165) is 12.3 Å². The minimum atomic E-state index is -3.04. The fraction of sp³-hybridized carbons (Fsp3) is 0.357. The van der Waals surface area contributed by atoms with Crippen LogP contribution in [0.5, 0.6) is 0 Å². The zero-order valence-corrected chi connectivity index (χ0v) is 12.7. The van der Waals surface area contributed by atoms with Gasteiger partial charge in [-0.3, -0.25) is 0 Å².